The molecule has 0 aliphatic carbocycles. The topological polar surface area (TPSA) is 55.6 Å². The third-order valence-corrected chi connectivity index (χ3v) is 2.34. The van der Waals surface area contributed by atoms with Gasteiger partial charge in [-0.1, -0.05) is 24.3 Å². The standard InChI is InChI=1S/C15H28N2O2/c1-7-8-12(2)9-10-17(11-13(3)16)14(18)19-15(4,5)6/h7-8,13H,1,9-11,16H2,2-6H3/b12-8+. The molecule has 1 atom stereocenters. The van der Waals surface area contributed by atoms with Gasteiger partial charge in [-0.05, 0) is 41.0 Å². The number of amides is 1. The molecule has 0 heterocycles. The third kappa shape index (κ3) is 9.31. The zero-order chi connectivity index (χ0) is 15.1. The molecular weight excluding hydrogens is 240 g/mol. The van der Waals surface area contributed by atoms with Crippen molar-refractivity contribution < 1.29 is 9.53 Å². The van der Waals surface area contributed by atoms with Crippen molar-refractivity contribution in [3.05, 3.63) is 24.3 Å². The van der Waals surface area contributed by atoms with Crippen LogP contribution in [0, 0.1) is 0 Å². The summed E-state index contributed by atoms with van der Waals surface area (Å²) in [6.45, 7) is 14.2. The first-order valence-electron chi connectivity index (χ1n) is 6.67. The lowest BCUT2D eigenvalue weighted by molar-refractivity contribution is 0.0244. The minimum absolute atomic E-state index is 0.0730. The molecule has 0 spiro atoms. The fraction of sp³-hybridized carbons (Fsp3) is 0.667. The number of allylic oxidation sites excluding steroid dienone is 2. The molecule has 0 fully saturated rings. The number of nitrogens with two attached hydrogens (primary N) is 1. The Labute approximate surface area is 117 Å². The van der Waals surface area contributed by atoms with E-state index in [-0.39, 0.29) is 12.1 Å². The Kier molecular flexibility index (Phi) is 7.45. The van der Waals surface area contributed by atoms with Gasteiger partial charge < -0.3 is 15.4 Å². The molecule has 0 aromatic heterocycles. The average Bonchev–Trinajstić information content (AvgIpc) is 2.21. The smallest absolute Gasteiger partial charge is 0.410 e. The highest BCUT2D eigenvalue weighted by molar-refractivity contribution is 5.68. The Morgan fingerprint density at radius 3 is 2.47 bits per heavy atom. The van der Waals surface area contributed by atoms with Crippen LogP contribution in [0.25, 0.3) is 0 Å². The summed E-state index contributed by atoms with van der Waals surface area (Å²) in [7, 11) is 0. The van der Waals surface area contributed by atoms with Gasteiger partial charge in [-0.2, -0.15) is 0 Å². The van der Waals surface area contributed by atoms with Crippen molar-refractivity contribution in [3.63, 3.8) is 0 Å². The van der Waals surface area contributed by atoms with Crippen LogP contribution in [-0.4, -0.2) is 35.7 Å². The number of nitrogens with zero attached hydrogens (tertiary/aromatic N) is 1. The maximum atomic E-state index is 12.1. The summed E-state index contributed by atoms with van der Waals surface area (Å²) in [5, 5.41) is 0. The summed E-state index contributed by atoms with van der Waals surface area (Å²) in [6, 6.07) is -0.0730. The minimum Gasteiger partial charge on any atom is -0.444 e. The largest absolute Gasteiger partial charge is 0.444 e. The monoisotopic (exact) mass is 268 g/mol. The van der Waals surface area contributed by atoms with Crippen LogP contribution in [0.15, 0.2) is 24.3 Å². The lowest BCUT2D eigenvalue weighted by Crippen LogP contribution is -2.43. The molecule has 1 amide bonds. The van der Waals surface area contributed by atoms with Crippen LogP contribution >= 0.6 is 0 Å². The first-order chi connectivity index (χ1) is 8.65. The second-order valence-corrected chi connectivity index (χ2v) is 5.90. The highest BCUT2D eigenvalue weighted by Crippen LogP contribution is 2.11. The second-order valence-electron chi connectivity index (χ2n) is 5.90. The predicted octanol–water partition coefficient (Wildman–Crippen LogP) is 3.09. The van der Waals surface area contributed by atoms with E-state index in [9.17, 15) is 4.79 Å². The Morgan fingerprint density at radius 2 is 2.05 bits per heavy atom. The van der Waals surface area contributed by atoms with E-state index in [1.54, 1.807) is 11.0 Å². The lowest BCUT2D eigenvalue weighted by Gasteiger charge is -2.28. The zero-order valence-electron chi connectivity index (χ0n) is 12.9. The number of ether oxygens (including phenoxy) is 1. The molecule has 0 aromatic carbocycles. The van der Waals surface area contributed by atoms with Gasteiger partial charge >= 0.3 is 6.09 Å². The molecule has 19 heavy (non-hydrogen) atoms. The fourth-order valence-corrected chi connectivity index (χ4v) is 1.53. The Bertz CT molecular complexity index is 328. The molecule has 0 saturated carbocycles. The molecule has 0 aliphatic rings. The van der Waals surface area contributed by atoms with Crippen molar-refractivity contribution in [2.24, 2.45) is 5.73 Å². The van der Waals surface area contributed by atoms with Crippen LogP contribution in [0.4, 0.5) is 4.79 Å². The van der Waals surface area contributed by atoms with Crippen LogP contribution in [0.3, 0.4) is 0 Å². The molecular formula is C15H28N2O2. The zero-order valence-corrected chi connectivity index (χ0v) is 12.9. The van der Waals surface area contributed by atoms with Crippen LogP contribution in [0.2, 0.25) is 0 Å². The summed E-state index contributed by atoms with van der Waals surface area (Å²) < 4.78 is 5.38. The number of rotatable bonds is 6. The fourth-order valence-electron chi connectivity index (χ4n) is 1.53. The molecule has 110 valence electrons. The minimum atomic E-state index is -0.487. The van der Waals surface area contributed by atoms with E-state index < -0.39 is 5.60 Å². The highest BCUT2D eigenvalue weighted by Gasteiger charge is 2.22. The number of carbonyl (C=O) groups is 1. The van der Waals surface area contributed by atoms with Gasteiger partial charge in [0, 0.05) is 19.1 Å². The Morgan fingerprint density at radius 1 is 1.47 bits per heavy atom. The molecule has 2 N–H and O–H groups in total. The van der Waals surface area contributed by atoms with Gasteiger partial charge in [0.1, 0.15) is 5.60 Å². The van der Waals surface area contributed by atoms with E-state index in [0.717, 1.165) is 6.42 Å². The summed E-state index contributed by atoms with van der Waals surface area (Å²) in [5.41, 5.74) is 6.47. The third-order valence-electron chi connectivity index (χ3n) is 2.34. The van der Waals surface area contributed by atoms with Gasteiger partial charge in [0.2, 0.25) is 0 Å². The van der Waals surface area contributed by atoms with Crippen molar-refractivity contribution in [3.8, 4) is 0 Å². The number of hydrogen-bond donors (Lipinski definition) is 1. The average molecular weight is 268 g/mol. The molecule has 0 rings (SSSR count). The normalized spacial score (nSPS) is 13.9. The van der Waals surface area contributed by atoms with E-state index in [0.29, 0.717) is 13.1 Å². The molecule has 4 nitrogen and oxygen atoms in total. The van der Waals surface area contributed by atoms with Crippen molar-refractivity contribution in [1.29, 1.82) is 0 Å². The summed E-state index contributed by atoms with van der Waals surface area (Å²) in [6.07, 6.45) is 4.17. The van der Waals surface area contributed by atoms with Gasteiger partial charge in [0.25, 0.3) is 0 Å². The number of hydrogen-bond acceptors (Lipinski definition) is 3. The van der Waals surface area contributed by atoms with Crippen molar-refractivity contribution in [2.45, 2.75) is 52.7 Å². The van der Waals surface area contributed by atoms with Gasteiger partial charge in [-0.25, -0.2) is 4.79 Å². The van der Waals surface area contributed by atoms with E-state index in [2.05, 4.69) is 6.58 Å². The molecule has 0 aliphatic heterocycles. The molecule has 0 saturated heterocycles. The van der Waals surface area contributed by atoms with Crippen LogP contribution in [-0.2, 0) is 4.74 Å². The molecule has 0 radical (unpaired) electrons. The van der Waals surface area contributed by atoms with Crippen LogP contribution < -0.4 is 5.73 Å². The molecule has 0 bridgehead atoms. The predicted molar refractivity (Wildman–Crippen MR) is 80.0 cm³/mol. The maximum absolute atomic E-state index is 12.1. The van der Waals surface area contributed by atoms with Crippen LogP contribution in [0.1, 0.15) is 41.0 Å². The molecule has 0 aromatic rings. The van der Waals surface area contributed by atoms with Gasteiger partial charge in [0.15, 0.2) is 0 Å². The second kappa shape index (κ2) is 8.00. The summed E-state index contributed by atoms with van der Waals surface area (Å²) in [5.74, 6) is 0. The Hall–Kier alpha value is -1.29. The van der Waals surface area contributed by atoms with E-state index >= 15 is 0 Å². The summed E-state index contributed by atoms with van der Waals surface area (Å²) >= 11 is 0. The summed E-state index contributed by atoms with van der Waals surface area (Å²) in [4.78, 5) is 13.7. The SMILES string of the molecule is C=C/C=C(\C)CCN(CC(C)N)C(=O)OC(C)(C)C. The van der Waals surface area contributed by atoms with E-state index in [1.165, 1.54) is 5.57 Å². The first-order valence-corrected chi connectivity index (χ1v) is 6.67. The highest BCUT2D eigenvalue weighted by atomic mass is 16.6. The van der Waals surface area contributed by atoms with Crippen molar-refractivity contribution >= 4 is 6.09 Å². The van der Waals surface area contributed by atoms with E-state index in [4.69, 9.17) is 10.5 Å². The van der Waals surface area contributed by atoms with Gasteiger partial charge in [-0.3, -0.25) is 0 Å². The van der Waals surface area contributed by atoms with Crippen LogP contribution in [0.5, 0.6) is 0 Å². The first kappa shape index (κ1) is 17.7. The van der Waals surface area contributed by atoms with E-state index in [1.807, 2.05) is 40.7 Å². The molecule has 1 unspecified atom stereocenters. The lowest BCUT2D eigenvalue weighted by atomic mass is 10.2. The van der Waals surface area contributed by atoms with Crippen molar-refractivity contribution in [2.75, 3.05) is 13.1 Å². The van der Waals surface area contributed by atoms with Crippen molar-refractivity contribution in [1.82, 2.24) is 4.90 Å². The maximum Gasteiger partial charge on any atom is 0.410 e. The quantitative estimate of drug-likeness (QED) is 0.753. The van der Waals surface area contributed by atoms with Gasteiger partial charge in [0.05, 0.1) is 0 Å². The number of carbonyl (C=O) groups excluding carboxylic acids is 1. The Balaban J connectivity index is 4.58. The van der Waals surface area contributed by atoms with Gasteiger partial charge in [-0.15, -0.1) is 0 Å². The molecule has 4 heteroatoms.